The molecule has 0 aliphatic carbocycles. The zero-order chi connectivity index (χ0) is 21.2. The van der Waals surface area contributed by atoms with Gasteiger partial charge in [0.15, 0.2) is 0 Å². The number of carbonyl (C=O) groups excluding carboxylic acids is 3. The highest BCUT2D eigenvalue weighted by atomic mass is 16.6. The van der Waals surface area contributed by atoms with Crippen molar-refractivity contribution in [3.8, 4) is 0 Å². The molecule has 3 rings (SSSR count). The van der Waals surface area contributed by atoms with Crippen LogP contribution in [0, 0.1) is 10.1 Å². The maximum Gasteiger partial charge on any atom is 0.344 e. The van der Waals surface area contributed by atoms with Gasteiger partial charge in [0, 0.05) is 18.7 Å². The number of nitro groups is 1. The highest BCUT2D eigenvalue weighted by Gasteiger charge is 2.52. The van der Waals surface area contributed by atoms with Gasteiger partial charge in [0.2, 0.25) is 0 Å². The molecule has 0 radical (unpaired) electrons. The summed E-state index contributed by atoms with van der Waals surface area (Å²) in [5.74, 6) is -1.45. The van der Waals surface area contributed by atoms with Crippen LogP contribution in [0.4, 0.5) is 16.2 Å². The number of hydrogen-bond acceptors (Lipinski definition) is 6. The fourth-order valence-electron chi connectivity index (χ4n) is 3.24. The first-order valence-electron chi connectivity index (χ1n) is 8.83. The van der Waals surface area contributed by atoms with E-state index in [2.05, 4.69) is 16.1 Å². The Morgan fingerprint density at radius 1 is 1.21 bits per heavy atom. The number of nitrogens with one attached hydrogen (secondary N) is 3. The Hall–Kier alpha value is -3.95. The lowest BCUT2D eigenvalue weighted by molar-refractivity contribution is -0.384. The number of anilines is 1. The summed E-state index contributed by atoms with van der Waals surface area (Å²) < 4.78 is 0. The van der Waals surface area contributed by atoms with Crippen LogP contribution in [-0.4, -0.2) is 34.8 Å². The second-order valence-electron chi connectivity index (χ2n) is 6.38. The number of hydrogen-bond donors (Lipinski definition) is 3. The summed E-state index contributed by atoms with van der Waals surface area (Å²) in [5.41, 5.74) is 1.40. The molecule has 1 aliphatic heterocycles. The topological polar surface area (TPSA) is 134 Å². The number of benzene rings is 2. The van der Waals surface area contributed by atoms with Crippen LogP contribution >= 0.6 is 0 Å². The van der Waals surface area contributed by atoms with Gasteiger partial charge in [-0.05, 0) is 24.1 Å². The van der Waals surface area contributed by atoms with E-state index >= 15 is 0 Å². The van der Waals surface area contributed by atoms with Crippen LogP contribution in [0.2, 0.25) is 0 Å². The number of hydrazine groups is 1. The van der Waals surface area contributed by atoms with Crippen molar-refractivity contribution in [2.45, 2.75) is 18.9 Å². The van der Waals surface area contributed by atoms with Gasteiger partial charge in [0.1, 0.15) is 11.2 Å². The third-order valence-electron chi connectivity index (χ3n) is 4.83. The average molecular weight is 397 g/mol. The number of nitro benzene ring substituents is 1. The molecule has 1 atom stereocenters. The van der Waals surface area contributed by atoms with E-state index in [1.165, 1.54) is 19.2 Å². The fourth-order valence-corrected chi connectivity index (χ4v) is 3.24. The molecule has 150 valence electrons. The maximum absolute atomic E-state index is 13.0. The Kier molecular flexibility index (Phi) is 5.18. The van der Waals surface area contributed by atoms with Crippen molar-refractivity contribution in [2.24, 2.45) is 0 Å². The van der Waals surface area contributed by atoms with Crippen molar-refractivity contribution in [1.82, 2.24) is 15.8 Å². The predicted octanol–water partition coefficient (Wildman–Crippen LogP) is 2.14. The third kappa shape index (κ3) is 3.35. The van der Waals surface area contributed by atoms with E-state index in [9.17, 15) is 24.5 Å². The molecule has 29 heavy (non-hydrogen) atoms. The summed E-state index contributed by atoms with van der Waals surface area (Å²) in [6, 6.07) is 11.7. The van der Waals surface area contributed by atoms with Gasteiger partial charge >= 0.3 is 6.03 Å². The monoisotopic (exact) mass is 397 g/mol. The summed E-state index contributed by atoms with van der Waals surface area (Å²) in [6.07, 6.45) is 0.274. The molecule has 1 fully saturated rings. The SMILES string of the molecule is CC[C@@]1(c2ccccc2)NC(=O)N(NC(=O)c2ccc(NC)c([N+](=O)[O-])c2)C1=O. The van der Waals surface area contributed by atoms with Crippen molar-refractivity contribution in [2.75, 3.05) is 12.4 Å². The van der Waals surface area contributed by atoms with E-state index in [4.69, 9.17) is 0 Å². The first-order chi connectivity index (χ1) is 13.8. The number of carbonyl (C=O) groups is 3. The number of rotatable bonds is 6. The van der Waals surface area contributed by atoms with Crippen LogP contribution in [-0.2, 0) is 10.3 Å². The molecule has 0 unspecified atom stereocenters. The Bertz CT molecular complexity index is 994. The molecule has 10 nitrogen and oxygen atoms in total. The van der Waals surface area contributed by atoms with Gasteiger partial charge in [0.25, 0.3) is 17.5 Å². The second-order valence-corrected chi connectivity index (χ2v) is 6.38. The van der Waals surface area contributed by atoms with Crippen molar-refractivity contribution < 1.29 is 19.3 Å². The molecule has 2 aromatic rings. The van der Waals surface area contributed by atoms with Gasteiger partial charge < -0.3 is 10.6 Å². The van der Waals surface area contributed by atoms with Gasteiger partial charge in [-0.15, -0.1) is 0 Å². The quantitative estimate of drug-likeness (QED) is 0.388. The van der Waals surface area contributed by atoms with E-state index in [-0.39, 0.29) is 23.4 Å². The summed E-state index contributed by atoms with van der Waals surface area (Å²) in [5, 5.41) is 17.1. The molecule has 1 aliphatic rings. The first kappa shape index (κ1) is 19.8. The number of urea groups is 1. The molecule has 10 heteroatoms. The zero-order valence-electron chi connectivity index (χ0n) is 15.8. The van der Waals surface area contributed by atoms with Crippen molar-refractivity contribution in [3.63, 3.8) is 0 Å². The molecule has 1 heterocycles. The first-order valence-corrected chi connectivity index (χ1v) is 8.83. The van der Waals surface area contributed by atoms with Gasteiger partial charge in [0.05, 0.1) is 4.92 Å². The molecular weight excluding hydrogens is 378 g/mol. The van der Waals surface area contributed by atoms with Crippen molar-refractivity contribution in [1.29, 1.82) is 0 Å². The van der Waals surface area contributed by atoms with Gasteiger partial charge in [-0.3, -0.25) is 25.1 Å². The molecule has 0 bridgehead atoms. The molecule has 4 amide bonds. The van der Waals surface area contributed by atoms with Crippen LogP contribution in [0.3, 0.4) is 0 Å². The maximum atomic E-state index is 13.0. The largest absolute Gasteiger partial charge is 0.383 e. The lowest BCUT2D eigenvalue weighted by Crippen LogP contribution is -2.48. The smallest absolute Gasteiger partial charge is 0.344 e. The minimum Gasteiger partial charge on any atom is -0.383 e. The molecular formula is C19H19N5O5. The Labute approximate surface area is 166 Å². The summed E-state index contributed by atoms with van der Waals surface area (Å²) in [7, 11) is 1.52. The minimum atomic E-state index is -1.30. The van der Waals surface area contributed by atoms with Crippen LogP contribution < -0.4 is 16.1 Å². The molecule has 2 aromatic carbocycles. The summed E-state index contributed by atoms with van der Waals surface area (Å²) in [4.78, 5) is 48.6. The molecule has 0 aromatic heterocycles. The normalized spacial score (nSPS) is 18.3. The summed E-state index contributed by atoms with van der Waals surface area (Å²) in [6.45, 7) is 1.75. The third-order valence-corrected chi connectivity index (χ3v) is 4.83. The van der Waals surface area contributed by atoms with E-state index in [0.29, 0.717) is 10.6 Å². The van der Waals surface area contributed by atoms with Crippen molar-refractivity contribution >= 4 is 29.2 Å². The number of imide groups is 1. The Morgan fingerprint density at radius 2 is 1.90 bits per heavy atom. The highest BCUT2D eigenvalue weighted by molar-refractivity contribution is 6.09. The lowest BCUT2D eigenvalue weighted by atomic mass is 9.87. The molecule has 0 spiro atoms. The number of amides is 4. The second kappa shape index (κ2) is 7.58. The summed E-state index contributed by atoms with van der Waals surface area (Å²) >= 11 is 0. The average Bonchev–Trinajstić information content (AvgIpc) is 2.98. The van der Waals surface area contributed by atoms with Gasteiger partial charge in [-0.2, -0.15) is 5.01 Å². The zero-order valence-corrected chi connectivity index (χ0v) is 15.8. The Balaban J connectivity index is 1.88. The molecule has 3 N–H and O–H groups in total. The predicted molar refractivity (Wildman–Crippen MR) is 104 cm³/mol. The minimum absolute atomic E-state index is 0.0648. The lowest BCUT2D eigenvalue weighted by Gasteiger charge is -2.25. The van der Waals surface area contributed by atoms with Gasteiger partial charge in [-0.1, -0.05) is 37.3 Å². The highest BCUT2D eigenvalue weighted by Crippen LogP contribution is 2.32. The Morgan fingerprint density at radius 3 is 2.48 bits per heavy atom. The van der Waals surface area contributed by atoms with E-state index in [0.717, 1.165) is 6.07 Å². The molecule has 1 saturated heterocycles. The number of nitrogens with zero attached hydrogens (tertiary/aromatic N) is 2. The van der Waals surface area contributed by atoms with Crippen molar-refractivity contribution in [3.05, 3.63) is 69.8 Å². The van der Waals surface area contributed by atoms with Crippen LogP contribution in [0.15, 0.2) is 48.5 Å². The van der Waals surface area contributed by atoms with Crippen LogP contribution in [0.1, 0.15) is 29.3 Å². The standard InChI is InChI=1S/C19H19N5O5/c1-3-19(13-7-5-4-6-8-13)17(26)23(18(27)21-19)22-16(25)12-9-10-14(20-2)15(11-12)24(28)29/h4-11,20H,3H2,1-2H3,(H,21,27)(H,22,25)/t19-/m0/s1. The van der Waals surface area contributed by atoms with E-state index in [1.807, 2.05) is 0 Å². The molecule has 0 saturated carbocycles. The fraction of sp³-hybridized carbons (Fsp3) is 0.211. The van der Waals surface area contributed by atoms with Crippen LogP contribution in [0.25, 0.3) is 0 Å². The van der Waals surface area contributed by atoms with Gasteiger partial charge in [-0.25, -0.2) is 4.79 Å². The van der Waals surface area contributed by atoms with Crippen LogP contribution in [0.5, 0.6) is 0 Å². The van der Waals surface area contributed by atoms with E-state index < -0.39 is 28.3 Å². The van der Waals surface area contributed by atoms with E-state index in [1.54, 1.807) is 37.3 Å².